The zero-order valence-corrected chi connectivity index (χ0v) is 14.8. The van der Waals surface area contributed by atoms with Crippen molar-refractivity contribution in [3.05, 3.63) is 22.5 Å². The molecule has 0 aliphatic carbocycles. The summed E-state index contributed by atoms with van der Waals surface area (Å²) in [6.45, 7) is 11.1. The lowest BCUT2D eigenvalue weighted by atomic mass is 9.99. The second kappa shape index (κ2) is 7.94. The molecule has 1 rings (SSSR count). The van der Waals surface area contributed by atoms with E-state index in [2.05, 4.69) is 4.98 Å². The van der Waals surface area contributed by atoms with E-state index in [1.165, 1.54) is 6.92 Å². The summed E-state index contributed by atoms with van der Waals surface area (Å²) in [5, 5.41) is 0. The molecule has 1 aromatic rings. The minimum absolute atomic E-state index is 0.135. The highest BCUT2D eigenvalue weighted by Gasteiger charge is 2.29. The van der Waals surface area contributed by atoms with E-state index in [4.69, 9.17) is 4.74 Å². The lowest BCUT2D eigenvalue weighted by Crippen LogP contribution is -2.42. The summed E-state index contributed by atoms with van der Waals surface area (Å²) in [6.07, 6.45) is 0.774. The zero-order valence-electron chi connectivity index (χ0n) is 14.8. The number of nitrogens with zero attached hydrogens (tertiary/aromatic N) is 1. The minimum atomic E-state index is -0.573. The lowest BCUT2D eigenvalue weighted by Gasteiger charge is -2.27. The van der Waals surface area contributed by atoms with E-state index in [0.29, 0.717) is 29.1 Å². The van der Waals surface area contributed by atoms with Gasteiger partial charge in [0.05, 0.1) is 12.6 Å². The molecule has 0 spiro atoms. The molecule has 6 nitrogen and oxygen atoms in total. The van der Waals surface area contributed by atoms with E-state index in [-0.39, 0.29) is 18.3 Å². The molecule has 0 bridgehead atoms. The number of carbonyl (C=O) groups is 3. The van der Waals surface area contributed by atoms with Crippen molar-refractivity contribution in [2.75, 3.05) is 13.2 Å². The largest absolute Gasteiger partial charge is 0.461 e. The molecule has 0 aromatic carbocycles. The first kappa shape index (κ1) is 18.9. The highest BCUT2D eigenvalue weighted by molar-refractivity contribution is 6.06. The van der Waals surface area contributed by atoms with Crippen molar-refractivity contribution < 1.29 is 19.1 Å². The topological polar surface area (TPSA) is 79.5 Å². The van der Waals surface area contributed by atoms with Gasteiger partial charge in [0.15, 0.2) is 5.78 Å². The summed E-state index contributed by atoms with van der Waals surface area (Å²) < 4.78 is 5.00. The number of esters is 1. The van der Waals surface area contributed by atoms with Crippen LogP contribution in [0.15, 0.2) is 0 Å². The number of ether oxygens (including phenoxy) is 1. The van der Waals surface area contributed by atoms with E-state index in [1.807, 2.05) is 6.92 Å². The molecule has 0 aliphatic rings. The average molecular weight is 322 g/mol. The van der Waals surface area contributed by atoms with Crippen LogP contribution in [0.2, 0.25) is 0 Å². The summed E-state index contributed by atoms with van der Waals surface area (Å²) in [7, 11) is 0. The number of Topliss-reactive ketones (excluding diaryl/α,β-unsaturated/α-hetero) is 1. The predicted octanol–water partition coefficient (Wildman–Crippen LogP) is 2.64. The van der Waals surface area contributed by atoms with Crippen LogP contribution in [0.25, 0.3) is 0 Å². The Morgan fingerprint density at radius 2 is 1.83 bits per heavy atom. The first-order valence-electron chi connectivity index (χ1n) is 7.93. The Morgan fingerprint density at radius 1 is 1.22 bits per heavy atom. The third kappa shape index (κ3) is 4.00. The molecular weight excluding hydrogens is 296 g/mol. The molecule has 1 amide bonds. The fourth-order valence-corrected chi connectivity index (χ4v) is 2.74. The fraction of sp³-hybridized carbons (Fsp3) is 0.588. The smallest absolute Gasteiger partial charge is 0.355 e. The SMILES string of the molecule is CCCN(C(C)=O)[C@@H](C)C(=O)c1c(C)[nH]c(C(=O)OCC)c1C. The van der Waals surface area contributed by atoms with Gasteiger partial charge in [0.1, 0.15) is 5.69 Å². The molecule has 0 fully saturated rings. The van der Waals surface area contributed by atoms with Gasteiger partial charge in [-0.15, -0.1) is 0 Å². The van der Waals surface area contributed by atoms with Gasteiger partial charge in [-0.25, -0.2) is 4.79 Å². The van der Waals surface area contributed by atoms with Gasteiger partial charge in [-0.05, 0) is 39.7 Å². The second-order valence-electron chi connectivity index (χ2n) is 5.60. The first-order valence-corrected chi connectivity index (χ1v) is 7.93. The quantitative estimate of drug-likeness (QED) is 0.618. The second-order valence-corrected chi connectivity index (χ2v) is 5.60. The number of ketones is 1. The number of amides is 1. The van der Waals surface area contributed by atoms with Crippen molar-refractivity contribution in [1.29, 1.82) is 0 Å². The van der Waals surface area contributed by atoms with Gasteiger partial charge in [0.2, 0.25) is 5.91 Å². The molecule has 0 aliphatic heterocycles. The summed E-state index contributed by atoms with van der Waals surface area (Å²) in [6, 6.07) is -0.573. The number of hydrogen-bond acceptors (Lipinski definition) is 4. The number of aromatic amines is 1. The first-order chi connectivity index (χ1) is 10.8. The van der Waals surface area contributed by atoms with Crippen LogP contribution in [0.5, 0.6) is 0 Å². The lowest BCUT2D eigenvalue weighted by molar-refractivity contribution is -0.130. The van der Waals surface area contributed by atoms with Crippen LogP contribution in [-0.2, 0) is 9.53 Å². The van der Waals surface area contributed by atoms with E-state index >= 15 is 0 Å². The highest BCUT2D eigenvalue weighted by atomic mass is 16.5. The monoisotopic (exact) mass is 322 g/mol. The molecule has 1 N–H and O–H groups in total. The molecule has 0 saturated heterocycles. The molecule has 0 unspecified atom stereocenters. The van der Waals surface area contributed by atoms with Crippen LogP contribution in [0.3, 0.4) is 0 Å². The van der Waals surface area contributed by atoms with Gasteiger partial charge in [0.25, 0.3) is 0 Å². The fourth-order valence-electron chi connectivity index (χ4n) is 2.74. The number of rotatable bonds is 7. The van der Waals surface area contributed by atoms with Gasteiger partial charge >= 0.3 is 5.97 Å². The number of H-pyrrole nitrogens is 1. The Morgan fingerprint density at radius 3 is 2.30 bits per heavy atom. The van der Waals surface area contributed by atoms with E-state index in [9.17, 15) is 14.4 Å². The van der Waals surface area contributed by atoms with Gasteiger partial charge in [-0.2, -0.15) is 0 Å². The molecule has 1 aromatic heterocycles. The van der Waals surface area contributed by atoms with Gasteiger partial charge < -0.3 is 14.6 Å². The third-order valence-corrected chi connectivity index (χ3v) is 3.88. The summed E-state index contributed by atoms with van der Waals surface area (Å²) in [5.74, 6) is -0.781. The van der Waals surface area contributed by atoms with Crippen molar-refractivity contribution in [2.45, 2.75) is 54.0 Å². The van der Waals surface area contributed by atoms with E-state index in [0.717, 1.165) is 6.42 Å². The molecule has 1 atom stereocenters. The van der Waals surface area contributed by atoms with Crippen molar-refractivity contribution in [3.8, 4) is 0 Å². The molecular formula is C17H26N2O4. The van der Waals surface area contributed by atoms with Crippen LogP contribution >= 0.6 is 0 Å². The number of nitrogens with one attached hydrogen (secondary N) is 1. The van der Waals surface area contributed by atoms with Crippen LogP contribution in [0.4, 0.5) is 0 Å². The van der Waals surface area contributed by atoms with Crippen LogP contribution < -0.4 is 0 Å². The van der Waals surface area contributed by atoms with Crippen molar-refractivity contribution in [2.24, 2.45) is 0 Å². The molecule has 6 heteroatoms. The van der Waals surface area contributed by atoms with Gasteiger partial charge in [0, 0.05) is 24.7 Å². The van der Waals surface area contributed by atoms with Gasteiger partial charge in [-0.1, -0.05) is 6.92 Å². The van der Waals surface area contributed by atoms with Crippen LogP contribution in [0, 0.1) is 13.8 Å². The van der Waals surface area contributed by atoms with E-state index in [1.54, 1.807) is 32.6 Å². The van der Waals surface area contributed by atoms with Crippen LogP contribution in [-0.4, -0.2) is 46.7 Å². The Kier molecular flexibility index (Phi) is 6.54. The maximum Gasteiger partial charge on any atom is 0.355 e. The zero-order chi connectivity index (χ0) is 17.7. The maximum atomic E-state index is 12.8. The Balaban J connectivity index is 3.17. The van der Waals surface area contributed by atoms with Crippen molar-refractivity contribution in [3.63, 3.8) is 0 Å². The van der Waals surface area contributed by atoms with Gasteiger partial charge in [-0.3, -0.25) is 9.59 Å². The summed E-state index contributed by atoms with van der Waals surface area (Å²) >= 11 is 0. The average Bonchev–Trinajstić information content (AvgIpc) is 2.78. The normalized spacial score (nSPS) is 11.9. The minimum Gasteiger partial charge on any atom is -0.461 e. The standard InChI is InChI=1S/C17H26N2O4/c1-7-9-19(13(6)20)12(5)16(21)14-10(3)15(18-11(14)4)17(22)23-8-2/h12,18H,7-9H2,1-6H3/t12-/m0/s1. The maximum absolute atomic E-state index is 12.8. The molecule has 1 heterocycles. The summed E-state index contributed by atoms with van der Waals surface area (Å²) in [4.78, 5) is 41.0. The number of aromatic nitrogens is 1. The summed E-state index contributed by atoms with van der Waals surface area (Å²) in [5.41, 5.74) is 1.94. The van der Waals surface area contributed by atoms with Crippen LogP contribution in [0.1, 0.15) is 66.2 Å². The Bertz CT molecular complexity index is 604. The number of carbonyl (C=O) groups excluding carboxylic acids is 3. The highest BCUT2D eigenvalue weighted by Crippen LogP contribution is 2.22. The number of hydrogen-bond donors (Lipinski definition) is 1. The Labute approximate surface area is 137 Å². The van der Waals surface area contributed by atoms with Crippen molar-refractivity contribution >= 4 is 17.7 Å². The Hall–Kier alpha value is -2.11. The predicted molar refractivity (Wildman–Crippen MR) is 87.7 cm³/mol. The number of aryl methyl sites for hydroxylation is 1. The van der Waals surface area contributed by atoms with Crippen molar-refractivity contribution in [1.82, 2.24) is 9.88 Å². The third-order valence-electron chi connectivity index (χ3n) is 3.88. The molecule has 0 saturated carbocycles. The van der Waals surface area contributed by atoms with E-state index < -0.39 is 12.0 Å². The molecule has 23 heavy (non-hydrogen) atoms. The molecule has 128 valence electrons. The molecule has 0 radical (unpaired) electrons.